The Labute approximate surface area is 205 Å². The van der Waals surface area contributed by atoms with Gasteiger partial charge in [-0.3, -0.25) is 9.59 Å². The molecular weight excluding hydrogens is 444 g/mol. The Morgan fingerprint density at radius 3 is 2.14 bits per heavy atom. The second-order valence-corrected chi connectivity index (χ2v) is 8.59. The van der Waals surface area contributed by atoms with Crippen LogP contribution in [0.1, 0.15) is 39.0 Å². The van der Waals surface area contributed by atoms with Gasteiger partial charge in [-0.2, -0.15) is 0 Å². The molecule has 2 amide bonds. The molecule has 1 aliphatic heterocycles. The number of amides is 2. The molecule has 0 N–H and O–H groups in total. The number of hydrogen-bond acceptors (Lipinski definition) is 5. The first-order chi connectivity index (χ1) is 16.9. The summed E-state index contributed by atoms with van der Waals surface area (Å²) < 4.78 is 16.3. The molecule has 1 heterocycles. The van der Waals surface area contributed by atoms with Crippen molar-refractivity contribution in [1.82, 2.24) is 9.80 Å². The van der Waals surface area contributed by atoms with Gasteiger partial charge in [0.15, 0.2) is 11.5 Å². The number of benzene rings is 3. The van der Waals surface area contributed by atoms with Crippen molar-refractivity contribution in [3.8, 4) is 17.2 Å². The summed E-state index contributed by atoms with van der Waals surface area (Å²) in [6.07, 6.45) is 0. The number of carbonyl (C=O) groups is 2. The SMILES string of the molecule is COc1ccc([C@H]2[C@H](C(=O)N(C)Cc3ccccc3)c3cc(OC)c(OC)cc3C(=O)N2C)cc1. The molecule has 0 spiro atoms. The van der Waals surface area contributed by atoms with Crippen LogP contribution in [0.3, 0.4) is 0 Å². The second kappa shape index (κ2) is 10.1. The predicted molar refractivity (Wildman–Crippen MR) is 133 cm³/mol. The zero-order chi connectivity index (χ0) is 25.1. The van der Waals surface area contributed by atoms with Crippen molar-refractivity contribution in [1.29, 1.82) is 0 Å². The third-order valence-electron chi connectivity index (χ3n) is 6.54. The maximum Gasteiger partial charge on any atom is 0.254 e. The molecule has 0 radical (unpaired) electrons. The van der Waals surface area contributed by atoms with E-state index < -0.39 is 12.0 Å². The highest BCUT2D eigenvalue weighted by Gasteiger charge is 2.44. The minimum atomic E-state index is -0.644. The van der Waals surface area contributed by atoms with E-state index in [0.29, 0.717) is 34.9 Å². The summed E-state index contributed by atoms with van der Waals surface area (Å²) in [5.74, 6) is 0.698. The molecule has 0 fully saturated rings. The molecule has 7 heteroatoms. The molecule has 3 aromatic rings. The molecule has 7 nitrogen and oxygen atoms in total. The summed E-state index contributed by atoms with van der Waals surface area (Å²) in [6, 6.07) is 20.2. The predicted octanol–water partition coefficient (Wildman–Crippen LogP) is 4.28. The number of fused-ring (bicyclic) bond motifs is 1. The zero-order valence-electron chi connectivity index (χ0n) is 20.6. The molecular formula is C28H30N2O5. The van der Waals surface area contributed by atoms with Crippen LogP contribution in [0.2, 0.25) is 0 Å². The van der Waals surface area contributed by atoms with E-state index in [2.05, 4.69) is 0 Å². The van der Waals surface area contributed by atoms with Gasteiger partial charge in [0.1, 0.15) is 5.75 Å². The Morgan fingerprint density at radius 1 is 0.914 bits per heavy atom. The number of nitrogens with zero attached hydrogens (tertiary/aromatic N) is 2. The lowest BCUT2D eigenvalue weighted by molar-refractivity contribution is -0.133. The van der Waals surface area contributed by atoms with Gasteiger partial charge in [-0.25, -0.2) is 0 Å². The van der Waals surface area contributed by atoms with E-state index in [0.717, 1.165) is 11.1 Å². The Bertz CT molecular complexity index is 1210. The maximum atomic E-state index is 14.1. The average Bonchev–Trinajstić information content (AvgIpc) is 2.90. The first-order valence-electron chi connectivity index (χ1n) is 11.4. The topological polar surface area (TPSA) is 68.3 Å². The Hall–Kier alpha value is -4.00. The van der Waals surface area contributed by atoms with Crippen molar-refractivity contribution in [3.63, 3.8) is 0 Å². The highest BCUT2D eigenvalue weighted by molar-refractivity contribution is 6.02. The summed E-state index contributed by atoms with van der Waals surface area (Å²) in [5.41, 5.74) is 2.92. The summed E-state index contributed by atoms with van der Waals surface area (Å²) in [5, 5.41) is 0. The van der Waals surface area contributed by atoms with E-state index in [9.17, 15) is 9.59 Å². The van der Waals surface area contributed by atoms with Crippen LogP contribution in [0.15, 0.2) is 66.7 Å². The van der Waals surface area contributed by atoms with Crippen LogP contribution < -0.4 is 14.2 Å². The molecule has 3 aromatic carbocycles. The van der Waals surface area contributed by atoms with Crippen LogP contribution in [0.4, 0.5) is 0 Å². The van der Waals surface area contributed by atoms with Crippen LogP contribution in [0.25, 0.3) is 0 Å². The lowest BCUT2D eigenvalue weighted by Gasteiger charge is -2.41. The normalized spacial score (nSPS) is 16.9. The van der Waals surface area contributed by atoms with E-state index >= 15 is 0 Å². The van der Waals surface area contributed by atoms with Crippen LogP contribution in [0, 0.1) is 0 Å². The third kappa shape index (κ3) is 4.54. The average molecular weight is 475 g/mol. The summed E-state index contributed by atoms with van der Waals surface area (Å²) in [7, 11) is 8.19. The molecule has 0 aromatic heterocycles. The van der Waals surface area contributed by atoms with Crippen molar-refractivity contribution < 1.29 is 23.8 Å². The minimum absolute atomic E-state index is 0.0949. The van der Waals surface area contributed by atoms with Gasteiger partial charge < -0.3 is 24.0 Å². The van der Waals surface area contributed by atoms with Gasteiger partial charge in [0.2, 0.25) is 5.91 Å². The third-order valence-corrected chi connectivity index (χ3v) is 6.54. The molecule has 2 atom stereocenters. The van der Waals surface area contributed by atoms with Crippen molar-refractivity contribution in [3.05, 3.63) is 89.0 Å². The quantitative estimate of drug-likeness (QED) is 0.511. The molecule has 182 valence electrons. The maximum absolute atomic E-state index is 14.1. The van der Waals surface area contributed by atoms with E-state index in [1.54, 1.807) is 50.2 Å². The molecule has 0 bridgehead atoms. The first kappa shape index (κ1) is 24.1. The smallest absolute Gasteiger partial charge is 0.254 e. The highest BCUT2D eigenvalue weighted by Crippen LogP contribution is 2.46. The molecule has 0 unspecified atom stereocenters. The van der Waals surface area contributed by atoms with Gasteiger partial charge in [0.05, 0.1) is 33.3 Å². The highest BCUT2D eigenvalue weighted by atomic mass is 16.5. The fourth-order valence-corrected chi connectivity index (χ4v) is 4.71. The van der Waals surface area contributed by atoms with Gasteiger partial charge in [0, 0.05) is 26.2 Å². The standard InChI is InChI=1S/C28H30N2O5/c1-29(17-18-9-7-6-8-10-18)28(32)25-21-15-23(34-4)24(35-5)16-22(21)27(31)30(2)26(25)19-11-13-20(33-3)14-12-19/h6-16,25-26H,17H2,1-5H3/t25-,26+/m1/s1. The summed E-state index contributed by atoms with van der Waals surface area (Å²) >= 11 is 0. The molecule has 4 rings (SSSR count). The fourth-order valence-electron chi connectivity index (χ4n) is 4.71. The van der Waals surface area contributed by atoms with Gasteiger partial charge >= 0.3 is 0 Å². The Balaban J connectivity index is 1.85. The number of likely N-dealkylation sites (N-methyl/N-ethyl adjacent to an activating group) is 2. The molecule has 1 aliphatic rings. The summed E-state index contributed by atoms with van der Waals surface area (Å²) in [6.45, 7) is 0.450. The van der Waals surface area contributed by atoms with Crippen LogP contribution in [0.5, 0.6) is 17.2 Å². The number of carbonyl (C=O) groups excluding carboxylic acids is 2. The number of rotatable bonds is 7. The minimum Gasteiger partial charge on any atom is -0.497 e. The van der Waals surface area contributed by atoms with E-state index in [1.807, 2.05) is 54.6 Å². The van der Waals surface area contributed by atoms with Gasteiger partial charge in [-0.1, -0.05) is 42.5 Å². The van der Waals surface area contributed by atoms with Crippen molar-refractivity contribution in [2.24, 2.45) is 0 Å². The Kier molecular flexibility index (Phi) is 6.96. The van der Waals surface area contributed by atoms with Crippen LogP contribution in [-0.4, -0.2) is 57.0 Å². The number of methoxy groups -OCH3 is 3. The van der Waals surface area contributed by atoms with Gasteiger partial charge in [-0.05, 0) is 41.0 Å². The van der Waals surface area contributed by atoms with Crippen LogP contribution in [-0.2, 0) is 11.3 Å². The molecule has 35 heavy (non-hydrogen) atoms. The lowest BCUT2D eigenvalue weighted by Crippen LogP contribution is -2.46. The number of ether oxygens (including phenoxy) is 3. The largest absolute Gasteiger partial charge is 0.497 e. The van der Waals surface area contributed by atoms with Crippen molar-refractivity contribution >= 4 is 11.8 Å². The second-order valence-electron chi connectivity index (χ2n) is 8.59. The molecule has 0 aliphatic carbocycles. The lowest BCUT2D eigenvalue weighted by atomic mass is 9.79. The fraction of sp³-hybridized carbons (Fsp3) is 0.286. The zero-order valence-corrected chi connectivity index (χ0v) is 20.6. The number of hydrogen-bond donors (Lipinski definition) is 0. The Morgan fingerprint density at radius 2 is 1.54 bits per heavy atom. The molecule has 0 saturated heterocycles. The van der Waals surface area contributed by atoms with Gasteiger partial charge in [0.25, 0.3) is 5.91 Å². The van der Waals surface area contributed by atoms with Crippen molar-refractivity contribution in [2.75, 3.05) is 35.4 Å². The molecule has 0 saturated carbocycles. The van der Waals surface area contributed by atoms with Crippen LogP contribution >= 0.6 is 0 Å². The monoisotopic (exact) mass is 474 g/mol. The first-order valence-corrected chi connectivity index (χ1v) is 11.4. The van der Waals surface area contributed by atoms with E-state index in [-0.39, 0.29) is 11.8 Å². The summed E-state index contributed by atoms with van der Waals surface area (Å²) in [4.78, 5) is 30.9. The van der Waals surface area contributed by atoms with E-state index in [4.69, 9.17) is 14.2 Å². The van der Waals surface area contributed by atoms with Gasteiger partial charge in [-0.15, -0.1) is 0 Å². The van der Waals surface area contributed by atoms with E-state index in [1.165, 1.54) is 7.11 Å². The van der Waals surface area contributed by atoms with Crippen molar-refractivity contribution in [2.45, 2.75) is 18.5 Å².